The number of aliphatic hydroxyl groups is 1. The Morgan fingerprint density at radius 1 is 1.12 bits per heavy atom. The van der Waals surface area contributed by atoms with Crippen molar-refractivity contribution in [3.8, 4) is 0 Å². The molecular weight excluding hydrogens is 527 g/mol. The lowest BCUT2D eigenvalue weighted by atomic mass is 9.86. The van der Waals surface area contributed by atoms with Crippen LogP contribution < -0.4 is 10.6 Å². The highest BCUT2D eigenvalue weighted by Gasteiger charge is 2.23. The summed E-state index contributed by atoms with van der Waals surface area (Å²) >= 11 is 0. The number of furan rings is 1. The molecule has 0 spiro atoms. The van der Waals surface area contributed by atoms with Crippen molar-refractivity contribution in [3.63, 3.8) is 0 Å². The van der Waals surface area contributed by atoms with Gasteiger partial charge in [0.1, 0.15) is 5.76 Å². The molecule has 0 amide bonds. The van der Waals surface area contributed by atoms with Gasteiger partial charge in [-0.25, -0.2) is 4.99 Å². The lowest BCUT2D eigenvalue weighted by Gasteiger charge is -2.31. The minimum absolute atomic E-state index is 0. The van der Waals surface area contributed by atoms with E-state index in [0.717, 1.165) is 50.7 Å². The van der Waals surface area contributed by atoms with Crippen LogP contribution in [0.15, 0.2) is 52.1 Å². The number of aliphatic hydroxyl groups excluding tert-OH is 1. The van der Waals surface area contributed by atoms with E-state index < -0.39 is 0 Å². The summed E-state index contributed by atoms with van der Waals surface area (Å²) in [6.45, 7) is 6.36. The number of likely N-dealkylation sites (tertiary alicyclic amines) is 1. The number of aliphatic imine (C=N–C) groups is 1. The van der Waals surface area contributed by atoms with Gasteiger partial charge in [0.25, 0.3) is 0 Å². The average molecular weight is 567 g/mol. The van der Waals surface area contributed by atoms with E-state index in [4.69, 9.17) is 9.41 Å². The van der Waals surface area contributed by atoms with Crippen molar-refractivity contribution >= 4 is 29.9 Å². The Kier molecular flexibility index (Phi) is 10.5. The zero-order chi connectivity index (χ0) is 22.2. The third-order valence-electron chi connectivity index (χ3n) is 6.84. The zero-order valence-corrected chi connectivity index (χ0v) is 22.0. The maximum Gasteiger partial charge on any atom is 0.191 e. The molecule has 1 aromatic heterocycles. The number of hydrogen-bond donors (Lipinski definition) is 3. The summed E-state index contributed by atoms with van der Waals surface area (Å²) < 4.78 is 5.48. The summed E-state index contributed by atoms with van der Waals surface area (Å²) in [5, 5.41) is 17.1. The van der Waals surface area contributed by atoms with Gasteiger partial charge in [-0.1, -0.05) is 44.0 Å². The van der Waals surface area contributed by atoms with Gasteiger partial charge < -0.3 is 20.2 Å². The maximum atomic E-state index is 9.86. The van der Waals surface area contributed by atoms with E-state index in [0.29, 0.717) is 18.5 Å². The van der Waals surface area contributed by atoms with Gasteiger partial charge in [-0.2, -0.15) is 0 Å². The van der Waals surface area contributed by atoms with Crippen molar-refractivity contribution in [2.75, 3.05) is 19.6 Å². The van der Waals surface area contributed by atoms with E-state index >= 15 is 0 Å². The highest BCUT2D eigenvalue weighted by Crippen LogP contribution is 2.23. The van der Waals surface area contributed by atoms with Crippen LogP contribution in [-0.4, -0.2) is 47.7 Å². The fraction of sp³-hybridized carbons (Fsp3) is 0.577. The maximum absolute atomic E-state index is 9.86. The first-order valence-electron chi connectivity index (χ1n) is 12.2. The number of benzene rings is 1. The Hall–Kier alpha value is -1.58. The van der Waals surface area contributed by atoms with Crippen LogP contribution in [0.4, 0.5) is 0 Å². The quantitative estimate of drug-likeness (QED) is 0.252. The molecule has 6 nitrogen and oxygen atoms in total. The molecule has 3 N–H and O–H groups in total. The number of guanidine groups is 1. The van der Waals surface area contributed by atoms with Crippen molar-refractivity contribution in [1.29, 1.82) is 0 Å². The van der Waals surface area contributed by atoms with Gasteiger partial charge in [-0.05, 0) is 48.4 Å². The first kappa shape index (κ1) is 26.0. The Morgan fingerprint density at radius 2 is 1.94 bits per heavy atom. The molecule has 4 rings (SSSR count). The first-order valence-corrected chi connectivity index (χ1v) is 12.2. The third kappa shape index (κ3) is 8.00. The normalized spacial score (nSPS) is 23.8. The summed E-state index contributed by atoms with van der Waals surface area (Å²) in [5.74, 6) is 2.54. The lowest BCUT2D eigenvalue weighted by molar-refractivity contribution is 0.174. The molecule has 1 aromatic carbocycles. The Morgan fingerprint density at radius 3 is 2.67 bits per heavy atom. The lowest BCUT2D eigenvalue weighted by Crippen LogP contribution is -2.47. The second-order valence-electron chi connectivity index (χ2n) is 9.38. The molecule has 33 heavy (non-hydrogen) atoms. The summed E-state index contributed by atoms with van der Waals surface area (Å²) in [5.41, 5.74) is 2.55. The van der Waals surface area contributed by atoms with Gasteiger partial charge >= 0.3 is 0 Å². The molecule has 1 saturated carbocycles. The molecule has 1 aliphatic heterocycles. The predicted molar refractivity (Wildman–Crippen MR) is 144 cm³/mol. The third-order valence-corrected chi connectivity index (χ3v) is 6.84. The van der Waals surface area contributed by atoms with Crippen molar-refractivity contribution < 1.29 is 9.52 Å². The van der Waals surface area contributed by atoms with Gasteiger partial charge in [0.15, 0.2) is 5.96 Å². The smallest absolute Gasteiger partial charge is 0.191 e. The Balaban J connectivity index is 0.00000306. The minimum Gasteiger partial charge on any atom is -0.469 e. The molecule has 3 unspecified atom stereocenters. The van der Waals surface area contributed by atoms with Crippen LogP contribution >= 0.6 is 24.0 Å². The zero-order valence-electron chi connectivity index (χ0n) is 19.7. The van der Waals surface area contributed by atoms with Gasteiger partial charge in [0.05, 0.1) is 18.9 Å². The number of hydrogen-bond acceptors (Lipinski definition) is 4. The van der Waals surface area contributed by atoms with E-state index in [1.54, 1.807) is 6.26 Å². The molecule has 2 fully saturated rings. The predicted octanol–water partition coefficient (Wildman–Crippen LogP) is 4.32. The number of nitrogens with one attached hydrogen (secondary N) is 2. The standard InChI is InChI=1S/C26H38N4O2.HI/c1-20-7-2-5-11-25(20)29-26(27-14-12-24-10-6-16-32-24)28-17-21-8-3-4-9-22(21)18-30-15-13-23(31)19-30;/h3-4,6,8-10,16,20,23,25,31H,2,5,7,11-15,17-19H2,1H3,(H2,27,28,29);1H. The van der Waals surface area contributed by atoms with E-state index in [9.17, 15) is 5.11 Å². The second kappa shape index (κ2) is 13.3. The fourth-order valence-electron chi connectivity index (χ4n) is 4.84. The van der Waals surface area contributed by atoms with Gasteiger partial charge in [-0.3, -0.25) is 4.90 Å². The molecule has 1 aliphatic carbocycles. The largest absolute Gasteiger partial charge is 0.469 e. The molecule has 0 radical (unpaired) electrons. The average Bonchev–Trinajstić information content (AvgIpc) is 3.46. The Labute approximate surface area is 215 Å². The van der Waals surface area contributed by atoms with Crippen molar-refractivity contribution in [3.05, 3.63) is 59.5 Å². The monoisotopic (exact) mass is 566 g/mol. The summed E-state index contributed by atoms with van der Waals surface area (Å²) in [6, 6.07) is 13.0. The SMILES string of the molecule is CC1CCCCC1NC(=NCc1ccccc1CN1CCC(O)C1)NCCc1ccco1.I. The molecule has 1 saturated heterocycles. The highest BCUT2D eigenvalue weighted by atomic mass is 127. The van der Waals surface area contributed by atoms with Crippen LogP contribution in [0.2, 0.25) is 0 Å². The number of halogens is 1. The molecule has 0 bridgehead atoms. The van der Waals surface area contributed by atoms with E-state index in [1.165, 1.54) is 36.8 Å². The summed E-state index contributed by atoms with van der Waals surface area (Å²) in [7, 11) is 0. The van der Waals surface area contributed by atoms with E-state index in [2.05, 4.69) is 46.7 Å². The molecular formula is C26H39IN4O2. The fourth-order valence-corrected chi connectivity index (χ4v) is 4.84. The van der Waals surface area contributed by atoms with Gasteiger partial charge in [-0.15, -0.1) is 24.0 Å². The van der Waals surface area contributed by atoms with E-state index in [1.807, 2.05) is 12.1 Å². The Bertz CT molecular complexity index is 858. The van der Waals surface area contributed by atoms with Crippen LogP contribution in [-0.2, 0) is 19.5 Å². The minimum atomic E-state index is -0.188. The molecule has 7 heteroatoms. The van der Waals surface area contributed by atoms with Gasteiger partial charge in [0.2, 0.25) is 0 Å². The van der Waals surface area contributed by atoms with Crippen molar-refractivity contribution in [2.24, 2.45) is 10.9 Å². The number of nitrogens with zero attached hydrogens (tertiary/aromatic N) is 2. The molecule has 2 heterocycles. The van der Waals surface area contributed by atoms with Crippen LogP contribution in [0.1, 0.15) is 55.9 Å². The topological polar surface area (TPSA) is 73.0 Å². The summed E-state index contributed by atoms with van der Waals surface area (Å²) in [6.07, 6.45) is 8.34. The highest BCUT2D eigenvalue weighted by molar-refractivity contribution is 14.0. The molecule has 3 atom stereocenters. The van der Waals surface area contributed by atoms with Crippen molar-refractivity contribution in [2.45, 2.75) is 70.7 Å². The summed E-state index contributed by atoms with van der Waals surface area (Å²) in [4.78, 5) is 7.32. The molecule has 182 valence electrons. The number of rotatable bonds is 8. The van der Waals surface area contributed by atoms with Gasteiger partial charge in [0, 0.05) is 38.6 Å². The first-order chi connectivity index (χ1) is 15.7. The van der Waals surface area contributed by atoms with Crippen molar-refractivity contribution in [1.82, 2.24) is 15.5 Å². The molecule has 2 aromatic rings. The van der Waals surface area contributed by atoms with Crippen LogP contribution in [0.25, 0.3) is 0 Å². The second-order valence-corrected chi connectivity index (χ2v) is 9.38. The van der Waals surface area contributed by atoms with Crippen LogP contribution in [0, 0.1) is 5.92 Å². The van der Waals surface area contributed by atoms with Crippen LogP contribution in [0.3, 0.4) is 0 Å². The van der Waals surface area contributed by atoms with E-state index in [-0.39, 0.29) is 30.1 Å². The van der Waals surface area contributed by atoms with Crippen LogP contribution in [0.5, 0.6) is 0 Å². The molecule has 2 aliphatic rings. The number of β-amino-alcohol motifs (C(OH)–C–C–N with tert-alkyl or cyclic N) is 1.